The molecule has 0 saturated carbocycles. The molecule has 0 aliphatic carbocycles. The summed E-state index contributed by atoms with van der Waals surface area (Å²) in [5, 5.41) is 21.5. The molecule has 0 aliphatic rings. The number of anilines is 1. The van der Waals surface area contributed by atoms with Crippen molar-refractivity contribution in [2.45, 2.75) is 6.92 Å². The van der Waals surface area contributed by atoms with Crippen molar-refractivity contribution in [2.24, 2.45) is 0 Å². The number of amides is 1. The zero-order chi connectivity index (χ0) is 17.3. The maximum Gasteiger partial charge on any atom is 0.339 e. The first kappa shape index (κ1) is 18.2. The van der Waals surface area contributed by atoms with Gasteiger partial charge in [-0.1, -0.05) is 15.9 Å². The average molecular weight is 555 g/mol. The first-order valence-electron chi connectivity index (χ1n) is 6.23. The number of carbonyl (C=O) groups is 2. The largest absolute Gasteiger partial charge is 0.507 e. The summed E-state index contributed by atoms with van der Waals surface area (Å²) in [7, 11) is 0. The average Bonchev–Trinajstić information content (AvgIpc) is 2.45. The number of carboxylic acids is 1. The molecule has 0 atom stereocenters. The van der Waals surface area contributed by atoms with E-state index in [0.717, 1.165) is 12.5 Å². The SMILES string of the molecule is Cc1cc(NC(=O)c2cc(Br)cc(Br)c2I)cc(C(=O)O)c1O. The molecule has 8 heteroatoms. The number of hydrogen-bond donors (Lipinski definition) is 3. The van der Waals surface area contributed by atoms with Gasteiger partial charge < -0.3 is 15.5 Å². The quantitative estimate of drug-likeness (QED) is 0.290. The van der Waals surface area contributed by atoms with E-state index in [4.69, 9.17) is 5.11 Å². The summed E-state index contributed by atoms with van der Waals surface area (Å²) in [6.07, 6.45) is 0. The third-order valence-corrected chi connectivity index (χ3v) is 6.01. The van der Waals surface area contributed by atoms with Crippen LogP contribution in [0.25, 0.3) is 0 Å². The summed E-state index contributed by atoms with van der Waals surface area (Å²) in [4.78, 5) is 23.6. The molecule has 5 nitrogen and oxygen atoms in total. The third kappa shape index (κ3) is 4.04. The van der Waals surface area contributed by atoms with Crippen LogP contribution < -0.4 is 5.32 Å². The predicted octanol–water partition coefficient (Wildman–Crippen LogP) is 4.78. The van der Waals surface area contributed by atoms with Crippen LogP contribution in [0.15, 0.2) is 33.2 Å². The summed E-state index contributed by atoms with van der Waals surface area (Å²) >= 11 is 8.75. The number of phenols is 1. The van der Waals surface area contributed by atoms with E-state index >= 15 is 0 Å². The molecule has 0 saturated heterocycles. The Bertz CT molecular complexity index is 824. The van der Waals surface area contributed by atoms with Crippen LogP contribution in [0.4, 0.5) is 5.69 Å². The van der Waals surface area contributed by atoms with Gasteiger partial charge in [-0.05, 0) is 75.3 Å². The lowest BCUT2D eigenvalue weighted by Crippen LogP contribution is -2.14. The molecule has 0 heterocycles. The lowest BCUT2D eigenvalue weighted by atomic mass is 10.1. The monoisotopic (exact) mass is 553 g/mol. The van der Waals surface area contributed by atoms with Crippen LogP contribution in [0.2, 0.25) is 0 Å². The third-order valence-electron chi connectivity index (χ3n) is 3.03. The second-order valence-electron chi connectivity index (χ2n) is 4.70. The minimum absolute atomic E-state index is 0.259. The van der Waals surface area contributed by atoms with E-state index in [2.05, 4.69) is 37.2 Å². The van der Waals surface area contributed by atoms with Crippen LogP contribution in [0.5, 0.6) is 5.75 Å². The van der Waals surface area contributed by atoms with E-state index in [1.165, 1.54) is 12.1 Å². The standard InChI is InChI=1S/C15H10Br2INO4/c1-6-2-8(5-10(13(6)20)15(22)23)19-14(21)9-3-7(16)4-11(17)12(9)18/h2-5,20H,1H3,(H,19,21)(H,22,23). The lowest BCUT2D eigenvalue weighted by Gasteiger charge is -2.11. The first-order chi connectivity index (χ1) is 10.7. The first-order valence-corrected chi connectivity index (χ1v) is 8.90. The Morgan fingerprint density at radius 1 is 1.13 bits per heavy atom. The fraction of sp³-hybridized carbons (Fsp3) is 0.0667. The smallest absolute Gasteiger partial charge is 0.339 e. The van der Waals surface area contributed by atoms with Gasteiger partial charge in [0.2, 0.25) is 0 Å². The molecular formula is C15H10Br2INO4. The topological polar surface area (TPSA) is 86.6 Å². The molecule has 0 bridgehead atoms. The number of aryl methyl sites for hydroxylation is 1. The Hall–Kier alpha value is -1.13. The summed E-state index contributed by atoms with van der Waals surface area (Å²) in [6.45, 7) is 1.57. The lowest BCUT2D eigenvalue weighted by molar-refractivity contribution is 0.0693. The maximum atomic E-state index is 12.4. The van der Waals surface area contributed by atoms with Gasteiger partial charge in [0.15, 0.2) is 0 Å². The molecule has 0 aromatic heterocycles. The Morgan fingerprint density at radius 3 is 2.39 bits per heavy atom. The maximum absolute atomic E-state index is 12.4. The second-order valence-corrected chi connectivity index (χ2v) is 7.55. The molecule has 0 unspecified atom stereocenters. The number of aromatic hydroxyl groups is 1. The van der Waals surface area contributed by atoms with Crippen LogP contribution in [-0.2, 0) is 0 Å². The highest BCUT2D eigenvalue weighted by molar-refractivity contribution is 14.1. The molecule has 0 radical (unpaired) electrons. The second kappa shape index (κ2) is 7.18. The Balaban J connectivity index is 2.40. The predicted molar refractivity (Wildman–Crippen MR) is 102 cm³/mol. The van der Waals surface area contributed by atoms with Gasteiger partial charge in [0.05, 0.1) is 5.56 Å². The fourth-order valence-corrected chi connectivity index (χ4v) is 3.72. The molecular weight excluding hydrogens is 545 g/mol. The summed E-state index contributed by atoms with van der Waals surface area (Å²) in [6, 6.07) is 6.24. The molecule has 2 rings (SSSR count). The number of nitrogens with one attached hydrogen (secondary N) is 1. The van der Waals surface area contributed by atoms with Crippen molar-refractivity contribution in [1.82, 2.24) is 0 Å². The number of halogens is 3. The minimum atomic E-state index is -1.26. The van der Waals surface area contributed by atoms with Gasteiger partial charge in [0.25, 0.3) is 5.91 Å². The summed E-state index contributed by atoms with van der Waals surface area (Å²) in [5.74, 6) is -1.95. The molecule has 23 heavy (non-hydrogen) atoms. The fourth-order valence-electron chi connectivity index (χ4n) is 1.93. The highest BCUT2D eigenvalue weighted by Crippen LogP contribution is 2.30. The molecule has 2 aromatic rings. The van der Waals surface area contributed by atoms with Crippen molar-refractivity contribution in [3.63, 3.8) is 0 Å². The number of hydrogen-bond acceptors (Lipinski definition) is 3. The summed E-state index contributed by atoms with van der Waals surface area (Å²) < 4.78 is 2.24. The van der Waals surface area contributed by atoms with E-state index < -0.39 is 5.97 Å². The van der Waals surface area contributed by atoms with Gasteiger partial charge in [-0.15, -0.1) is 0 Å². The highest BCUT2D eigenvalue weighted by Gasteiger charge is 2.17. The van der Waals surface area contributed by atoms with E-state index in [0.29, 0.717) is 16.8 Å². The van der Waals surface area contributed by atoms with E-state index in [1.807, 2.05) is 28.7 Å². The minimum Gasteiger partial charge on any atom is -0.507 e. The molecule has 0 spiro atoms. The van der Waals surface area contributed by atoms with Crippen molar-refractivity contribution in [3.8, 4) is 5.75 Å². The van der Waals surface area contributed by atoms with Gasteiger partial charge in [-0.25, -0.2) is 4.79 Å². The van der Waals surface area contributed by atoms with Crippen molar-refractivity contribution in [1.29, 1.82) is 0 Å². The van der Waals surface area contributed by atoms with Gasteiger partial charge in [0, 0.05) is 18.2 Å². The number of rotatable bonds is 3. The van der Waals surface area contributed by atoms with Crippen LogP contribution in [0.1, 0.15) is 26.3 Å². The van der Waals surface area contributed by atoms with Crippen LogP contribution >= 0.6 is 54.5 Å². The van der Waals surface area contributed by atoms with Crippen molar-refractivity contribution >= 4 is 72.0 Å². The van der Waals surface area contributed by atoms with Gasteiger partial charge >= 0.3 is 5.97 Å². The summed E-state index contributed by atoms with van der Waals surface area (Å²) in [5.41, 5.74) is 0.847. The van der Waals surface area contributed by atoms with Crippen LogP contribution in [-0.4, -0.2) is 22.1 Å². The molecule has 2 aromatic carbocycles. The Labute approximate surface area is 162 Å². The number of aromatic carboxylic acids is 1. The van der Waals surface area contributed by atoms with E-state index in [1.54, 1.807) is 13.0 Å². The zero-order valence-electron chi connectivity index (χ0n) is 11.7. The highest BCUT2D eigenvalue weighted by atomic mass is 127. The number of carboxylic acid groups (broad SMARTS) is 1. The van der Waals surface area contributed by atoms with Crippen LogP contribution in [0.3, 0.4) is 0 Å². The zero-order valence-corrected chi connectivity index (χ0v) is 17.0. The van der Waals surface area contributed by atoms with E-state index in [9.17, 15) is 14.7 Å². The number of benzene rings is 2. The molecule has 0 aliphatic heterocycles. The Morgan fingerprint density at radius 2 is 1.78 bits per heavy atom. The van der Waals surface area contributed by atoms with Crippen LogP contribution in [0, 0.1) is 10.5 Å². The van der Waals surface area contributed by atoms with Gasteiger partial charge in [-0.3, -0.25) is 4.79 Å². The van der Waals surface area contributed by atoms with Crippen molar-refractivity contribution in [3.05, 3.63) is 53.5 Å². The van der Waals surface area contributed by atoms with Crippen molar-refractivity contribution < 1.29 is 19.8 Å². The Kier molecular flexibility index (Phi) is 5.69. The van der Waals surface area contributed by atoms with Gasteiger partial charge in [-0.2, -0.15) is 0 Å². The van der Waals surface area contributed by atoms with Gasteiger partial charge in [0.1, 0.15) is 11.3 Å². The van der Waals surface area contributed by atoms with Crippen molar-refractivity contribution in [2.75, 3.05) is 5.32 Å². The molecule has 1 amide bonds. The number of carbonyl (C=O) groups excluding carboxylic acids is 1. The molecule has 3 N–H and O–H groups in total. The molecule has 0 fully saturated rings. The normalized spacial score (nSPS) is 10.4. The molecule has 120 valence electrons. The van der Waals surface area contributed by atoms with E-state index in [-0.39, 0.29) is 17.2 Å².